The predicted molar refractivity (Wildman–Crippen MR) is 106 cm³/mol. The average Bonchev–Trinajstić information content (AvgIpc) is 2.96. The van der Waals surface area contributed by atoms with Gasteiger partial charge >= 0.3 is 0 Å². The van der Waals surface area contributed by atoms with Crippen molar-refractivity contribution >= 4 is 40.1 Å². The van der Waals surface area contributed by atoms with Crippen LogP contribution in [0.3, 0.4) is 0 Å². The number of anilines is 3. The summed E-state index contributed by atoms with van der Waals surface area (Å²) in [5, 5.41) is 9.33. The maximum absolute atomic E-state index is 6.12. The van der Waals surface area contributed by atoms with Crippen LogP contribution in [0.4, 0.5) is 17.5 Å². The first-order valence-electron chi connectivity index (χ1n) is 8.97. The monoisotopic (exact) mass is 370 g/mol. The van der Waals surface area contributed by atoms with Gasteiger partial charge in [-0.05, 0) is 36.5 Å². The van der Waals surface area contributed by atoms with Crippen molar-refractivity contribution in [2.24, 2.45) is 18.9 Å². The topological polar surface area (TPSA) is 58.9 Å². The van der Waals surface area contributed by atoms with E-state index < -0.39 is 0 Å². The summed E-state index contributed by atoms with van der Waals surface area (Å²) in [5.74, 6) is 2.78. The molecule has 1 aromatic carbocycles. The summed E-state index contributed by atoms with van der Waals surface area (Å²) >= 11 is 6.12. The van der Waals surface area contributed by atoms with Crippen LogP contribution >= 0.6 is 11.6 Å². The lowest BCUT2D eigenvalue weighted by molar-refractivity contribution is 0.354. The lowest BCUT2D eigenvalue weighted by atomic mass is 9.92. The van der Waals surface area contributed by atoms with Crippen molar-refractivity contribution in [3.05, 3.63) is 35.5 Å². The molecule has 0 bridgehead atoms. The van der Waals surface area contributed by atoms with Crippen LogP contribution in [0.15, 0.2) is 30.5 Å². The zero-order valence-corrected chi connectivity index (χ0v) is 16.0. The molecule has 1 aliphatic rings. The van der Waals surface area contributed by atoms with E-state index in [1.54, 1.807) is 10.9 Å². The largest absolute Gasteiger partial charge is 0.340 e. The zero-order valence-electron chi connectivity index (χ0n) is 15.3. The molecule has 1 fully saturated rings. The summed E-state index contributed by atoms with van der Waals surface area (Å²) in [6.45, 7) is 6.53. The Hall–Kier alpha value is -2.34. The first-order chi connectivity index (χ1) is 12.5. The summed E-state index contributed by atoms with van der Waals surface area (Å²) < 4.78 is 1.79. The summed E-state index contributed by atoms with van der Waals surface area (Å²) in [4.78, 5) is 11.9. The SMILES string of the molecule is C[C@@H]1C[C@H](C)CN(c2nc(Nc3cccc(Cl)c3)c3cnn(C)c3n2)C1. The second-order valence-electron chi connectivity index (χ2n) is 7.36. The van der Waals surface area contributed by atoms with Gasteiger partial charge in [-0.25, -0.2) is 0 Å². The van der Waals surface area contributed by atoms with Gasteiger partial charge in [-0.1, -0.05) is 31.5 Å². The zero-order chi connectivity index (χ0) is 18.3. The van der Waals surface area contributed by atoms with E-state index in [2.05, 4.69) is 29.2 Å². The van der Waals surface area contributed by atoms with E-state index in [9.17, 15) is 0 Å². The Morgan fingerprint density at radius 3 is 2.65 bits per heavy atom. The van der Waals surface area contributed by atoms with Gasteiger partial charge in [0.05, 0.1) is 11.6 Å². The van der Waals surface area contributed by atoms with E-state index in [1.807, 2.05) is 31.3 Å². The van der Waals surface area contributed by atoms with Crippen LogP contribution in [0.5, 0.6) is 0 Å². The summed E-state index contributed by atoms with van der Waals surface area (Å²) in [6.07, 6.45) is 3.05. The number of rotatable bonds is 3. The van der Waals surface area contributed by atoms with Gasteiger partial charge in [0.25, 0.3) is 0 Å². The number of fused-ring (bicyclic) bond motifs is 1. The van der Waals surface area contributed by atoms with Gasteiger partial charge < -0.3 is 10.2 Å². The molecule has 2 atom stereocenters. The van der Waals surface area contributed by atoms with Crippen LogP contribution in [-0.4, -0.2) is 32.8 Å². The number of hydrogen-bond acceptors (Lipinski definition) is 5. The Balaban J connectivity index is 1.76. The van der Waals surface area contributed by atoms with Gasteiger partial charge in [0.2, 0.25) is 5.95 Å². The molecule has 0 amide bonds. The van der Waals surface area contributed by atoms with Crippen LogP contribution < -0.4 is 10.2 Å². The Morgan fingerprint density at radius 2 is 1.92 bits per heavy atom. The van der Waals surface area contributed by atoms with Gasteiger partial charge in [-0.15, -0.1) is 0 Å². The molecule has 26 heavy (non-hydrogen) atoms. The van der Waals surface area contributed by atoms with Gasteiger partial charge in [0.15, 0.2) is 5.65 Å². The Labute approximate surface area is 158 Å². The molecule has 0 aliphatic carbocycles. The molecule has 3 aromatic rings. The minimum absolute atomic E-state index is 0.633. The molecule has 1 N–H and O–H groups in total. The van der Waals surface area contributed by atoms with E-state index >= 15 is 0 Å². The number of halogens is 1. The smallest absolute Gasteiger partial charge is 0.229 e. The van der Waals surface area contributed by atoms with Gasteiger partial charge in [-0.3, -0.25) is 4.68 Å². The molecular formula is C19H23ClN6. The molecule has 0 radical (unpaired) electrons. The first kappa shape index (κ1) is 17.1. The van der Waals surface area contributed by atoms with Crippen molar-refractivity contribution in [2.75, 3.05) is 23.3 Å². The van der Waals surface area contributed by atoms with Gasteiger partial charge in [0.1, 0.15) is 5.82 Å². The maximum Gasteiger partial charge on any atom is 0.229 e. The van der Waals surface area contributed by atoms with Crippen molar-refractivity contribution in [2.45, 2.75) is 20.3 Å². The van der Waals surface area contributed by atoms with Crippen molar-refractivity contribution in [3.63, 3.8) is 0 Å². The quantitative estimate of drug-likeness (QED) is 0.747. The van der Waals surface area contributed by atoms with Crippen molar-refractivity contribution in [1.82, 2.24) is 19.7 Å². The highest BCUT2D eigenvalue weighted by atomic mass is 35.5. The highest BCUT2D eigenvalue weighted by Gasteiger charge is 2.25. The molecule has 0 saturated carbocycles. The van der Waals surface area contributed by atoms with Gasteiger partial charge in [0, 0.05) is 30.8 Å². The van der Waals surface area contributed by atoms with Crippen LogP contribution in [-0.2, 0) is 7.05 Å². The number of nitrogens with one attached hydrogen (secondary N) is 1. The van der Waals surface area contributed by atoms with Crippen LogP contribution in [0.2, 0.25) is 5.02 Å². The fraction of sp³-hybridized carbons (Fsp3) is 0.421. The van der Waals surface area contributed by atoms with Crippen molar-refractivity contribution in [1.29, 1.82) is 0 Å². The number of nitrogens with zero attached hydrogens (tertiary/aromatic N) is 5. The van der Waals surface area contributed by atoms with E-state index in [0.717, 1.165) is 41.6 Å². The van der Waals surface area contributed by atoms with E-state index in [1.165, 1.54) is 6.42 Å². The summed E-state index contributed by atoms with van der Waals surface area (Å²) in [6, 6.07) is 7.63. The van der Waals surface area contributed by atoms with Gasteiger partial charge in [-0.2, -0.15) is 15.1 Å². The third-order valence-electron chi connectivity index (χ3n) is 4.82. The van der Waals surface area contributed by atoms with E-state index in [-0.39, 0.29) is 0 Å². The molecular weight excluding hydrogens is 348 g/mol. The lowest BCUT2D eigenvalue weighted by Gasteiger charge is -2.35. The molecule has 0 unspecified atom stereocenters. The number of aryl methyl sites for hydroxylation is 1. The second-order valence-corrected chi connectivity index (χ2v) is 7.80. The number of aromatic nitrogens is 4. The molecule has 0 spiro atoms. The van der Waals surface area contributed by atoms with Crippen LogP contribution in [0, 0.1) is 11.8 Å². The Kier molecular flexibility index (Phi) is 4.44. The third kappa shape index (κ3) is 3.33. The summed E-state index contributed by atoms with van der Waals surface area (Å²) in [5.41, 5.74) is 1.72. The Morgan fingerprint density at radius 1 is 1.15 bits per heavy atom. The van der Waals surface area contributed by atoms with Crippen molar-refractivity contribution < 1.29 is 0 Å². The second kappa shape index (κ2) is 6.76. The number of hydrogen-bond donors (Lipinski definition) is 1. The van der Waals surface area contributed by atoms with Crippen LogP contribution in [0.1, 0.15) is 20.3 Å². The maximum atomic E-state index is 6.12. The molecule has 1 saturated heterocycles. The lowest BCUT2D eigenvalue weighted by Crippen LogP contribution is -2.39. The molecule has 4 rings (SSSR count). The highest BCUT2D eigenvalue weighted by Crippen LogP contribution is 2.30. The van der Waals surface area contributed by atoms with E-state index in [0.29, 0.717) is 16.9 Å². The Bertz CT molecular complexity index is 927. The number of piperidine rings is 1. The molecule has 2 aromatic heterocycles. The average molecular weight is 371 g/mol. The van der Waals surface area contributed by atoms with Crippen LogP contribution in [0.25, 0.3) is 11.0 Å². The third-order valence-corrected chi connectivity index (χ3v) is 5.05. The highest BCUT2D eigenvalue weighted by molar-refractivity contribution is 6.30. The van der Waals surface area contributed by atoms with E-state index in [4.69, 9.17) is 21.6 Å². The molecule has 7 heteroatoms. The van der Waals surface area contributed by atoms with Crippen molar-refractivity contribution in [3.8, 4) is 0 Å². The molecule has 136 valence electrons. The fourth-order valence-corrected chi connectivity index (χ4v) is 3.97. The minimum atomic E-state index is 0.633. The fourth-order valence-electron chi connectivity index (χ4n) is 3.78. The number of benzene rings is 1. The predicted octanol–water partition coefficient (Wildman–Crippen LogP) is 4.24. The molecule has 1 aliphatic heterocycles. The first-order valence-corrected chi connectivity index (χ1v) is 9.34. The normalized spacial score (nSPS) is 20.5. The molecule has 3 heterocycles. The standard InChI is InChI=1S/C19H23ClN6/c1-12-7-13(2)11-26(10-12)19-23-17(16-9-21-25(3)18(16)24-19)22-15-6-4-5-14(20)8-15/h4-6,8-9,12-13H,7,10-11H2,1-3H3,(H,22,23,24)/t12-,13+. The summed E-state index contributed by atoms with van der Waals surface area (Å²) in [7, 11) is 1.91. The minimum Gasteiger partial charge on any atom is -0.340 e. The molecule has 6 nitrogen and oxygen atoms in total.